The number of rotatable bonds is 7. The minimum atomic E-state index is -0.965. The highest BCUT2D eigenvalue weighted by Gasteiger charge is 2.30. The molecule has 21 heavy (non-hydrogen) atoms. The highest BCUT2D eigenvalue weighted by molar-refractivity contribution is 5.82. The maximum Gasteiger partial charge on any atom is 0.310 e. The van der Waals surface area contributed by atoms with Crippen LogP contribution in [0.5, 0.6) is 0 Å². The lowest BCUT2D eigenvalue weighted by atomic mass is 9.88. The fourth-order valence-corrected chi connectivity index (χ4v) is 2.58. The Bertz CT molecular complexity index is 367. The van der Waals surface area contributed by atoms with Crippen LogP contribution in [0.25, 0.3) is 0 Å². The number of nitrogens with one attached hydrogen (secondary N) is 1. The summed E-state index contributed by atoms with van der Waals surface area (Å²) in [6.45, 7) is 7.44. The second kappa shape index (κ2) is 7.78. The van der Waals surface area contributed by atoms with E-state index in [4.69, 9.17) is 9.84 Å². The third kappa shape index (κ3) is 5.65. The lowest BCUT2D eigenvalue weighted by molar-refractivity contribution is -0.147. The average molecular weight is 299 g/mol. The first-order valence-corrected chi connectivity index (χ1v) is 7.92. The highest BCUT2D eigenvalue weighted by atomic mass is 16.5. The molecule has 0 heterocycles. The zero-order valence-electron chi connectivity index (χ0n) is 13.6. The quantitative estimate of drug-likeness (QED) is 0.757. The Hall–Kier alpha value is -1.10. The molecule has 1 fully saturated rings. The molecule has 1 saturated carbocycles. The Morgan fingerprint density at radius 2 is 2.05 bits per heavy atom. The molecule has 0 spiro atoms. The SMILES string of the molecule is CCC(OC1CCCC(C)C1)C(=O)NCC(C)(C)C(=O)O. The van der Waals surface area contributed by atoms with Crippen LogP contribution >= 0.6 is 0 Å². The molecule has 3 unspecified atom stereocenters. The molecular formula is C16H29NO4. The van der Waals surface area contributed by atoms with Crippen molar-refractivity contribution in [3.05, 3.63) is 0 Å². The summed E-state index contributed by atoms with van der Waals surface area (Å²) in [5, 5.41) is 11.8. The van der Waals surface area contributed by atoms with Crippen LogP contribution in [0.15, 0.2) is 0 Å². The summed E-state index contributed by atoms with van der Waals surface area (Å²) in [6.07, 6.45) is 4.66. The highest BCUT2D eigenvalue weighted by Crippen LogP contribution is 2.27. The number of aliphatic carboxylic acids is 1. The van der Waals surface area contributed by atoms with Crippen LogP contribution in [0.3, 0.4) is 0 Å². The van der Waals surface area contributed by atoms with Crippen LogP contribution in [0.1, 0.15) is 59.8 Å². The molecule has 0 aromatic heterocycles. The maximum atomic E-state index is 12.2. The van der Waals surface area contributed by atoms with Crippen molar-refractivity contribution in [2.24, 2.45) is 11.3 Å². The molecule has 1 amide bonds. The number of carbonyl (C=O) groups excluding carboxylic acids is 1. The van der Waals surface area contributed by atoms with Gasteiger partial charge in [-0.05, 0) is 39.0 Å². The molecule has 1 aliphatic carbocycles. The molecule has 3 atom stereocenters. The predicted molar refractivity (Wildman–Crippen MR) is 81.0 cm³/mol. The zero-order valence-corrected chi connectivity index (χ0v) is 13.6. The number of hydrogen-bond acceptors (Lipinski definition) is 3. The molecular weight excluding hydrogens is 270 g/mol. The fraction of sp³-hybridized carbons (Fsp3) is 0.875. The van der Waals surface area contributed by atoms with Gasteiger partial charge in [0.15, 0.2) is 0 Å². The molecule has 122 valence electrons. The van der Waals surface area contributed by atoms with Crippen molar-refractivity contribution in [2.45, 2.75) is 72.0 Å². The van der Waals surface area contributed by atoms with Crippen LogP contribution in [0.4, 0.5) is 0 Å². The Labute approximate surface area is 127 Å². The van der Waals surface area contributed by atoms with Gasteiger partial charge in [0.1, 0.15) is 6.10 Å². The minimum Gasteiger partial charge on any atom is -0.481 e. The first kappa shape index (κ1) is 18.0. The van der Waals surface area contributed by atoms with Crippen LogP contribution in [0.2, 0.25) is 0 Å². The molecule has 1 aliphatic rings. The number of carbonyl (C=O) groups is 2. The summed E-state index contributed by atoms with van der Waals surface area (Å²) in [5.41, 5.74) is -0.965. The predicted octanol–water partition coefficient (Wildman–Crippen LogP) is 2.59. The van der Waals surface area contributed by atoms with Crippen molar-refractivity contribution >= 4 is 11.9 Å². The summed E-state index contributed by atoms with van der Waals surface area (Å²) < 4.78 is 5.94. The van der Waals surface area contributed by atoms with Gasteiger partial charge in [-0.25, -0.2) is 0 Å². The second-order valence-corrected chi connectivity index (χ2v) is 6.83. The maximum absolute atomic E-state index is 12.2. The smallest absolute Gasteiger partial charge is 0.310 e. The largest absolute Gasteiger partial charge is 0.481 e. The Morgan fingerprint density at radius 3 is 2.57 bits per heavy atom. The van der Waals surface area contributed by atoms with Gasteiger partial charge in [0.05, 0.1) is 11.5 Å². The molecule has 0 bridgehead atoms. The summed E-state index contributed by atoms with van der Waals surface area (Å²) in [6, 6.07) is 0. The number of hydrogen-bond donors (Lipinski definition) is 2. The topological polar surface area (TPSA) is 75.6 Å². The lowest BCUT2D eigenvalue weighted by Crippen LogP contribution is -2.44. The van der Waals surface area contributed by atoms with Gasteiger partial charge in [-0.2, -0.15) is 0 Å². The van der Waals surface area contributed by atoms with Crippen LogP contribution in [-0.2, 0) is 14.3 Å². The molecule has 0 radical (unpaired) electrons. The zero-order chi connectivity index (χ0) is 16.0. The molecule has 5 nitrogen and oxygen atoms in total. The van der Waals surface area contributed by atoms with Crippen LogP contribution in [0, 0.1) is 11.3 Å². The second-order valence-electron chi connectivity index (χ2n) is 6.83. The monoisotopic (exact) mass is 299 g/mol. The number of amides is 1. The first-order chi connectivity index (χ1) is 9.76. The standard InChI is InChI=1S/C16H29NO4/c1-5-13(21-12-8-6-7-11(2)9-12)14(18)17-10-16(3,4)15(19)20/h11-13H,5-10H2,1-4H3,(H,17,18)(H,19,20). The number of ether oxygens (including phenoxy) is 1. The van der Waals surface area contributed by atoms with E-state index in [0.29, 0.717) is 12.3 Å². The van der Waals surface area contributed by atoms with Crippen molar-refractivity contribution in [3.63, 3.8) is 0 Å². The third-order valence-corrected chi connectivity index (χ3v) is 4.19. The van der Waals surface area contributed by atoms with Crippen molar-refractivity contribution in [3.8, 4) is 0 Å². The van der Waals surface area contributed by atoms with E-state index in [9.17, 15) is 9.59 Å². The molecule has 5 heteroatoms. The number of carboxylic acid groups (broad SMARTS) is 1. The van der Waals surface area contributed by atoms with E-state index in [1.807, 2.05) is 6.92 Å². The van der Waals surface area contributed by atoms with Crippen LogP contribution < -0.4 is 5.32 Å². The van der Waals surface area contributed by atoms with Gasteiger partial charge in [-0.1, -0.05) is 26.7 Å². The van der Waals surface area contributed by atoms with Gasteiger partial charge < -0.3 is 15.2 Å². The Kier molecular flexibility index (Phi) is 6.65. The van der Waals surface area contributed by atoms with Gasteiger partial charge in [0.2, 0.25) is 5.91 Å². The molecule has 0 aromatic carbocycles. The van der Waals surface area contributed by atoms with Crippen LogP contribution in [-0.4, -0.2) is 35.7 Å². The third-order valence-electron chi connectivity index (χ3n) is 4.19. The fourth-order valence-electron chi connectivity index (χ4n) is 2.58. The van der Waals surface area contributed by atoms with Gasteiger partial charge in [0, 0.05) is 6.54 Å². The van der Waals surface area contributed by atoms with Gasteiger partial charge >= 0.3 is 5.97 Å². The number of carboxylic acids is 1. The molecule has 2 N–H and O–H groups in total. The van der Waals surface area contributed by atoms with Crippen molar-refractivity contribution < 1.29 is 19.4 Å². The molecule has 0 aromatic rings. The molecule has 1 rings (SSSR count). The summed E-state index contributed by atoms with van der Waals surface area (Å²) in [5.74, 6) is -0.474. The van der Waals surface area contributed by atoms with E-state index in [-0.39, 0.29) is 18.6 Å². The van der Waals surface area contributed by atoms with Gasteiger partial charge in [0.25, 0.3) is 0 Å². The van der Waals surface area contributed by atoms with E-state index in [1.165, 1.54) is 6.42 Å². The summed E-state index contributed by atoms with van der Waals surface area (Å²) in [4.78, 5) is 23.2. The summed E-state index contributed by atoms with van der Waals surface area (Å²) in [7, 11) is 0. The van der Waals surface area contributed by atoms with E-state index in [0.717, 1.165) is 19.3 Å². The average Bonchev–Trinajstić information content (AvgIpc) is 2.42. The molecule has 0 saturated heterocycles. The van der Waals surface area contributed by atoms with Crippen molar-refractivity contribution in [2.75, 3.05) is 6.54 Å². The lowest BCUT2D eigenvalue weighted by Gasteiger charge is -2.30. The summed E-state index contributed by atoms with van der Waals surface area (Å²) >= 11 is 0. The van der Waals surface area contributed by atoms with Gasteiger partial charge in [-0.3, -0.25) is 9.59 Å². The van der Waals surface area contributed by atoms with E-state index < -0.39 is 17.5 Å². The van der Waals surface area contributed by atoms with Crippen molar-refractivity contribution in [1.82, 2.24) is 5.32 Å². The molecule has 0 aliphatic heterocycles. The Morgan fingerprint density at radius 1 is 1.38 bits per heavy atom. The Balaban J connectivity index is 2.47. The van der Waals surface area contributed by atoms with E-state index >= 15 is 0 Å². The first-order valence-electron chi connectivity index (χ1n) is 7.92. The van der Waals surface area contributed by atoms with Crippen molar-refractivity contribution in [1.29, 1.82) is 0 Å². The normalized spacial score (nSPS) is 24.4. The van der Waals surface area contributed by atoms with Gasteiger partial charge in [-0.15, -0.1) is 0 Å². The van der Waals surface area contributed by atoms with E-state index in [1.54, 1.807) is 13.8 Å². The minimum absolute atomic E-state index is 0.113. The van der Waals surface area contributed by atoms with E-state index in [2.05, 4.69) is 12.2 Å².